The number of hydrogen-bond donors (Lipinski definition) is 1. The van der Waals surface area contributed by atoms with Crippen molar-refractivity contribution < 1.29 is 13.2 Å². The molecule has 0 aliphatic carbocycles. The summed E-state index contributed by atoms with van der Waals surface area (Å²) in [6.07, 6.45) is 0. The molecule has 0 aliphatic rings. The van der Waals surface area contributed by atoms with Crippen molar-refractivity contribution in [1.29, 1.82) is 0 Å². The number of nitrogens with zero attached hydrogens (tertiary/aromatic N) is 2. The molecule has 0 spiro atoms. The van der Waals surface area contributed by atoms with E-state index in [4.69, 9.17) is 5.73 Å². The van der Waals surface area contributed by atoms with E-state index in [1.165, 1.54) is 11.9 Å². The van der Waals surface area contributed by atoms with Gasteiger partial charge < -0.3 is 10.6 Å². The summed E-state index contributed by atoms with van der Waals surface area (Å²) in [7, 11) is 1.08. The Balaban J connectivity index is 2.75. The summed E-state index contributed by atoms with van der Waals surface area (Å²) in [6.45, 7) is 0.264. The van der Waals surface area contributed by atoms with Gasteiger partial charge in [0.05, 0.1) is 12.3 Å². The van der Waals surface area contributed by atoms with Crippen LogP contribution in [0, 0.1) is 0 Å². The lowest BCUT2D eigenvalue weighted by Crippen LogP contribution is -2.38. The Bertz CT molecular complexity index is 553. The molecule has 0 fully saturated rings. The van der Waals surface area contributed by atoms with Gasteiger partial charge in [-0.1, -0.05) is 24.3 Å². The molecule has 2 N–H and O–H groups in total. The molecule has 0 bridgehead atoms. The number of likely N-dealkylation sites (N-methyl/N-ethyl adjacent to an activating group) is 2. The molecule has 1 rings (SSSR count). The summed E-state index contributed by atoms with van der Waals surface area (Å²) >= 11 is 0. The third-order valence-electron chi connectivity index (χ3n) is 2.94. The molecule has 0 saturated carbocycles. The Hall–Kier alpha value is -1.44. The molecular formula is C13H21N3O3S. The van der Waals surface area contributed by atoms with Crippen molar-refractivity contribution in [3.63, 3.8) is 0 Å². The van der Waals surface area contributed by atoms with Gasteiger partial charge in [0, 0.05) is 27.7 Å². The summed E-state index contributed by atoms with van der Waals surface area (Å²) < 4.78 is 25.4. The van der Waals surface area contributed by atoms with E-state index in [1.807, 2.05) is 0 Å². The summed E-state index contributed by atoms with van der Waals surface area (Å²) in [5, 5.41) is 0. The molecule has 0 aliphatic heterocycles. The van der Waals surface area contributed by atoms with Crippen molar-refractivity contribution >= 4 is 15.9 Å². The Kier molecular flexibility index (Phi) is 5.67. The van der Waals surface area contributed by atoms with Crippen LogP contribution in [-0.4, -0.2) is 51.2 Å². The van der Waals surface area contributed by atoms with Crippen LogP contribution >= 0.6 is 0 Å². The molecule has 0 radical (unpaired) electrons. The van der Waals surface area contributed by atoms with Gasteiger partial charge in [-0.2, -0.15) is 4.31 Å². The number of amides is 1. The molecule has 1 aromatic carbocycles. The van der Waals surface area contributed by atoms with Crippen molar-refractivity contribution in [3.8, 4) is 0 Å². The Morgan fingerprint density at radius 1 is 1.10 bits per heavy atom. The van der Waals surface area contributed by atoms with Crippen LogP contribution in [0.15, 0.2) is 24.3 Å². The van der Waals surface area contributed by atoms with E-state index in [0.29, 0.717) is 12.1 Å². The maximum absolute atomic E-state index is 12.1. The quantitative estimate of drug-likeness (QED) is 0.801. The molecule has 0 unspecified atom stereocenters. The average molecular weight is 299 g/mol. The van der Waals surface area contributed by atoms with Gasteiger partial charge in [-0.15, -0.1) is 0 Å². The first kappa shape index (κ1) is 16.6. The van der Waals surface area contributed by atoms with Crippen molar-refractivity contribution in [2.45, 2.75) is 12.3 Å². The number of carbonyl (C=O) groups is 1. The third kappa shape index (κ3) is 4.59. The smallest absolute Gasteiger partial charge is 0.237 e. The van der Waals surface area contributed by atoms with Crippen molar-refractivity contribution in [1.82, 2.24) is 9.21 Å². The molecule has 0 atom stereocenters. The topological polar surface area (TPSA) is 83.7 Å². The van der Waals surface area contributed by atoms with Crippen LogP contribution < -0.4 is 5.73 Å². The second kappa shape index (κ2) is 6.83. The first-order valence-electron chi connectivity index (χ1n) is 6.18. The SMILES string of the molecule is CN(C)C(=O)CN(C)S(=O)(=O)Cc1ccc(CN)cc1. The average Bonchev–Trinajstić information content (AvgIpc) is 2.38. The van der Waals surface area contributed by atoms with Crippen LogP contribution in [0.5, 0.6) is 0 Å². The van der Waals surface area contributed by atoms with Gasteiger partial charge in [0.1, 0.15) is 0 Å². The standard InChI is InChI=1S/C13H21N3O3S/c1-15(2)13(17)9-16(3)20(18,19)10-12-6-4-11(8-14)5-7-12/h4-7H,8-10,14H2,1-3H3. The van der Waals surface area contributed by atoms with Crippen LogP contribution in [0.4, 0.5) is 0 Å². The second-order valence-electron chi connectivity index (χ2n) is 4.82. The fourth-order valence-corrected chi connectivity index (χ4v) is 2.66. The van der Waals surface area contributed by atoms with E-state index < -0.39 is 10.0 Å². The number of benzene rings is 1. The molecule has 112 valence electrons. The first-order chi connectivity index (χ1) is 9.26. The molecule has 1 amide bonds. The number of nitrogens with two attached hydrogens (primary N) is 1. The predicted octanol–water partition coefficient (Wildman–Crippen LogP) is -0.00490. The number of sulfonamides is 1. The van der Waals surface area contributed by atoms with Crippen LogP contribution in [0.25, 0.3) is 0 Å². The normalized spacial score (nSPS) is 11.7. The van der Waals surface area contributed by atoms with E-state index in [9.17, 15) is 13.2 Å². The highest BCUT2D eigenvalue weighted by atomic mass is 32.2. The van der Waals surface area contributed by atoms with E-state index in [2.05, 4.69) is 0 Å². The van der Waals surface area contributed by atoms with E-state index >= 15 is 0 Å². The zero-order valence-corrected chi connectivity index (χ0v) is 12.9. The van der Waals surface area contributed by atoms with Crippen molar-refractivity contribution in [2.75, 3.05) is 27.7 Å². The van der Waals surface area contributed by atoms with E-state index in [1.54, 1.807) is 38.4 Å². The number of rotatable bonds is 6. The van der Waals surface area contributed by atoms with Gasteiger partial charge in [0.25, 0.3) is 0 Å². The molecule has 0 saturated heterocycles. The summed E-state index contributed by atoms with van der Waals surface area (Å²) in [5.74, 6) is -0.385. The highest BCUT2D eigenvalue weighted by Crippen LogP contribution is 2.11. The van der Waals surface area contributed by atoms with Gasteiger partial charge in [-0.05, 0) is 11.1 Å². The lowest BCUT2D eigenvalue weighted by molar-refractivity contribution is -0.128. The monoisotopic (exact) mass is 299 g/mol. The summed E-state index contributed by atoms with van der Waals surface area (Å²) in [6, 6.07) is 7.08. The van der Waals surface area contributed by atoms with Gasteiger partial charge >= 0.3 is 0 Å². The molecule has 0 aromatic heterocycles. The third-order valence-corrected chi connectivity index (χ3v) is 4.72. The van der Waals surface area contributed by atoms with E-state index in [-0.39, 0.29) is 18.2 Å². The van der Waals surface area contributed by atoms with Crippen LogP contribution in [-0.2, 0) is 27.1 Å². The second-order valence-corrected chi connectivity index (χ2v) is 6.90. The maximum atomic E-state index is 12.1. The largest absolute Gasteiger partial charge is 0.348 e. The molecule has 0 heterocycles. The van der Waals surface area contributed by atoms with Gasteiger partial charge in [-0.25, -0.2) is 8.42 Å². The van der Waals surface area contributed by atoms with Crippen LogP contribution in [0.3, 0.4) is 0 Å². The molecule has 1 aromatic rings. The van der Waals surface area contributed by atoms with Gasteiger partial charge in [0.2, 0.25) is 15.9 Å². The lowest BCUT2D eigenvalue weighted by Gasteiger charge is -2.19. The zero-order valence-electron chi connectivity index (χ0n) is 12.0. The predicted molar refractivity (Wildman–Crippen MR) is 78.3 cm³/mol. The van der Waals surface area contributed by atoms with Gasteiger partial charge in [0.15, 0.2) is 0 Å². The molecular weight excluding hydrogens is 278 g/mol. The summed E-state index contributed by atoms with van der Waals surface area (Å²) in [4.78, 5) is 12.9. The Morgan fingerprint density at radius 3 is 2.05 bits per heavy atom. The first-order valence-corrected chi connectivity index (χ1v) is 7.79. The maximum Gasteiger partial charge on any atom is 0.237 e. The van der Waals surface area contributed by atoms with Crippen molar-refractivity contribution in [3.05, 3.63) is 35.4 Å². The van der Waals surface area contributed by atoms with Gasteiger partial charge in [-0.3, -0.25) is 4.79 Å². The highest BCUT2D eigenvalue weighted by molar-refractivity contribution is 7.88. The molecule has 7 heteroatoms. The lowest BCUT2D eigenvalue weighted by atomic mass is 10.1. The number of hydrogen-bond acceptors (Lipinski definition) is 4. The van der Waals surface area contributed by atoms with Crippen molar-refractivity contribution in [2.24, 2.45) is 5.73 Å². The Labute approximate surface area is 120 Å². The molecule has 6 nitrogen and oxygen atoms in total. The minimum absolute atomic E-state index is 0.130. The fraction of sp³-hybridized carbons (Fsp3) is 0.462. The van der Waals surface area contributed by atoms with Crippen LogP contribution in [0.2, 0.25) is 0 Å². The fourth-order valence-electron chi connectivity index (χ4n) is 1.52. The summed E-state index contributed by atoms with van der Waals surface area (Å²) in [5.41, 5.74) is 7.11. The van der Waals surface area contributed by atoms with Crippen LogP contribution in [0.1, 0.15) is 11.1 Å². The minimum atomic E-state index is -3.51. The van der Waals surface area contributed by atoms with E-state index in [0.717, 1.165) is 9.87 Å². The Morgan fingerprint density at radius 2 is 1.60 bits per heavy atom. The highest BCUT2D eigenvalue weighted by Gasteiger charge is 2.21. The zero-order chi connectivity index (χ0) is 15.3. The molecule has 20 heavy (non-hydrogen) atoms. The number of carbonyl (C=O) groups excluding carboxylic acids is 1. The minimum Gasteiger partial charge on any atom is -0.348 e.